The average Bonchev–Trinajstić information content (AvgIpc) is 2.69. The second kappa shape index (κ2) is 7.08. The number of anilines is 2. The van der Waals surface area contributed by atoms with Crippen LogP contribution in [-0.2, 0) is 0 Å². The molecule has 0 aliphatic heterocycles. The molecule has 0 bridgehead atoms. The van der Waals surface area contributed by atoms with Crippen LogP contribution in [0.2, 0.25) is 0 Å². The minimum atomic E-state index is -0.118. The molecule has 1 N–H and O–H groups in total. The highest BCUT2D eigenvalue weighted by Crippen LogP contribution is 2.29. The van der Waals surface area contributed by atoms with Gasteiger partial charge in [-0.05, 0) is 62.4 Å². The highest BCUT2D eigenvalue weighted by atomic mass is 16.1. The third-order valence-corrected chi connectivity index (χ3v) is 4.58. The fourth-order valence-corrected chi connectivity index (χ4v) is 3.34. The van der Waals surface area contributed by atoms with Gasteiger partial charge in [0.1, 0.15) is 5.82 Å². The van der Waals surface area contributed by atoms with Crippen molar-refractivity contribution >= 4 is 22.3 Å². The van der Waals surface area contributed by atoms with E-state index in [1.54, 1.807) is 6.07 Å². The van der Waals surface area contributed by atoms with Crippen molar-refractivity contribution < 1.29 is 0 Å². The first-order chi connectivity index (χ1) is 13.1. The molecule has 0 radical (unpaired) electrons. The van der Waals surface area contributed by atoms with E-state index < -0.39 is 0 Å². The second-order valence-electron chi connectivity index (χ2n) is 6.78. The summed E-state index contributed by atoms with van der Waals surface area (Å²) in [5.74, 6) is 0.584. The third-order valence-electron chi connectivity index (χ3n) is 4.58. The molecule has 4 nitrogen and oxygen atoms in total. The molecule has 3 aromatic carbocycles. The van der Waals surface area contributed by atoms with Gasteiger partial charge >= 0.3 is 0 Å². The molecule has 4 heteroatoms. The number of aromatic amines is 1. The molecule has 4 aromatic rings. The van der Waals surface area contributed by atoms with Crippen LogP contribution < -0.4 is 10.5 Å². The second-order valence-corrected chi connectivity index (χ2v) is 6.78. The van der Waals surface area contributed by atoms with Crippen LogP contribution in [0.25, 0.3) is 22.3 Å². The van der Waals surface area contributed by atoms with E-state index in [1.807, 2.05) is 48.5 Å². The number of hydrogen-bond donors (Lipinski definition) is 1. The molecule has 0 fully saturated rings. The van der Waals surface area contributed by atoms with E-state index in [0.29, 0.717) is 22.8 Å². The van der Waals surface area contributed by atoms with Crippen molar-refractivity contribution in [2.24, 2.45) is 0 Å². The first-order valence-electron chi connectivity index (χ1n) is 9.07. The maximum atomic E-state index is 12.3. The van der Waals surface area contributed by atoms with Crippen LogP contribution in [0.5, 0.6) is 0 Å². The maximum absolute atomic E-state index is 12.3. The summed E-state index contributed by atoms with van der Waals surface area (Å²) >= 11 is 0. The van der Waals surface area contributed by atoms with Gasteiger partial charge in [-0.3, -0.25) is 4.79 Å². The minimum absolute atomic E-state index is 0.118. The van der Waals surface area contributed by atoms with Gasteiger partial charge in [0.05, 0.1) is 10.9 Å². The van der Waals surface area contributed by atoms with E-state index in [9.17, 15) is 4.79 Å². The van der Waals surface area contributed by atoms with E-state index >= 15 is 0 Å². The van der Waals surface area contributed by atoms with Gasteiger partial charge in [0.25, 0.3) is 5.56 Å². The summed E-state index contributed by atoms with van der Waals surface area (Å²) in [4.78, 5) is 22.1. The Morgan fingerprint density at radius 3 is 2.15 bits per heavy atom. The highest BCUT2D eigenvalue weighted by molar-refractivity contribution is 5.79. The van der Waals surface area contributed by atoms with Crippen LogP contribution in [-0.4, -0.2) is 16.0 Å². The zero-order valence-electron chi connectivity index (χ0n) is 15.4. The Bertz CT molecular complexity index is 1120. The molecule has 0 spiro atoms. The molecule has 0 saturated heterocycles. The number of aromatic nitrogens is 2. The van der Waals surface area contributed by atoms with Crippen LogP contribution in [0, 0.1) is 0 Å². The minimum Gasteiger partial charge on any atom is -0.339 e. The number of rotatable bonds is 4. The number of para-hydroxylation sites is 2. The van der Waals surface area contributed by atoms with Crippen molar-refractivity contribution in [3.63, 3.8) is 0 Å². The monoisotopic (exact) mass is 355 g/mol. The Morgan fingerprint density at radius 2 is 1.44 bits per heavy atom. The molecular formula is C23H21N3O. The summed E-state index contributed by atoms with van der Waals surface area (Å²) in [6.07, 6.45) is 0. The third kappa shape index (κ3) is 3.34. The van der Waals surface area contributed by atoms with Crippen molar-refractivity contribution in [2.45, 2.75) is 19.9 Å². The predicted octanol–water partition coefficient (Wildman–Crippen LogP) is 5.14. The van der Waals surface area contributed by atoms with Gasteiger partial charge in [-0.1, -0.05) is 30.3 Å². The largest absolute Gasteiger partial charge is 0.339 e. The number of H-pyrrole nitrogens is 1. The summed E-state index contributed by atoms with van der Waals surface area (Å²) in [6.45, 7) is 4.34. The lowest BCUT2D eigenvalue weighted by atomic mass is 10.1. The molecule has 0 saturated carbocycles. The first-order valence-corrected chi connectivity index (χ1v) is 9.07. The van der Waals surface area contributed by atoms with Gasteiger partial charge < -0.3 is 9.88 Å². The molecular weight excluding hydrogens is 334 g/mol. The van der Waals surface area contributed by atoms with Gasteiger partial charge in [0.15, 0.2) is 0 Å². The molecule has 1 heterocycles. The molecule has 1 aromatic heterocycles. The SMILES string of the molecule is CC(C)N(c1ccccc1)c1ccc(-c2nc3ccccc3c(=O)[nH]2)cc1. The van der Waals surface area contributed by atoms with Crippen LogP contribution in [0.15, 0.2) is 83.7 Å². The zero-order valence-corrected chi connectivity index (χ0v) is 15.4. The lowest BCUT2D eigenvalue weighted by Crippen LogP contribution is -2.25. The topological polar surface area (TPSA) is 49.0 Å². The van der Waals surface area contributed by atoms with Crippen molar-refractivity contribution in [1.82, 2.24) is 9.97 Å². The lowest BCUT2D eigenvalue weighted by molar-refractivity contribution is 0.789. The molecule has 0 aliphatic rings. The number of nitrogens with one attached hydrogen (secondary N) is 1. The van der Waals surface area contributed by atoms with Crippen LogP contribution in [0.4, 0.5) is 11.4 Å². The van der Waals surface area contributed by atoms with Crippen molar-refractivity contribution in [3.8, 4) is 11.4 Å². The van der Waals surface area contributed by atoms with Gasteiger partial charge in [-0.15, -0.1) is 0 Å². The van der Waals surface area contributed by atoms with Crippen molar-refractivity contribution in [1.29, 1.82) is 0 Å². The Labute approximate surface area is 158 Å². The van der Waals surface area contributed by atoms with E-state index in [1.165, 1.54) is 0 Å². The quantitative estimate of drug-likeness (QED) is 0.552. The first kappa shape index (κ1) is 17.0. The number of hydrogen-bond acceptors (Lipinski definition) is 3. The van der Waals surface area contributed by atoms with Crippen LogP contribution in [0.3, 0.4) is 0 Å². The Hall–Kier alpha value is -3.40. The van der Waals surface area contributed by atoms with E-state index in [2.05, 4.69) is 53.0 Å². The molecule has 134 valence electrons. The summed E-state index contributed by atoms with van der Waals surface area (Å²) in [6, 6.07) is 26.2. The van der Waals surface area contributed by atoms with E-state index in [-0.39, 0.29) is 5.56 Å². The van der Waals surface area contributed by atoms with Gasteiger partial charge in [-0.2, -0.15) is 0 Å². The van der Waals surface area contributed by atoms with Gasteiger partial charge in [-0.25, -0.2) is 4.98 Å². The fourth-order valence-electron chi connectivity index (χ4n) is 3.34. The maximum Gasteiger partial charge on any atom is 0.259 e. The molecule has 0 aliphatic carbocycles. The normalized spacial score (nSPS) is 11.1. The van der Waals surface area contributed by atoms with Gasteiger partial charge in [0, 0.05) is 23.0 Å². The van der Waals surface area contributed by atoms with Crippen molar-refractivity contribution in [3.05, 3.63) is 89.2 Å². The molecule has 4 rings (SSSR count). The molecule has 27 heavy (non-hydrogen) atoms. The number of fused-ring (bicyclic) bond motifs is 1. The highest BCUT2D eigenvalue weighted by Gasteiger charge is 2.13. The number of benzene rings is 3. The fraction of sp³-hybridized carbons (Fsp3) is 0.130. The molecule has 0 amide bonds. The van der Waals surface area contributed by atoms with Gasteiger partial charge in [0.2, 0.25) is 0 Å². The summed E-state index contributed by atoms with van der Waals surface area (Å²) in [5, 5.41) is 0.605. The van der Waals surface area contributed by atoms with Crippen molar-refractivity contribution in [2.75, 3.05) is 4.90 Å². The predicted molar refractivity (Wildman–Crippen MR) is 112 cm³/mol. The summed E-state index contributed by atoms with van der Waals surface area (Å²) in [7, 11) is 0. The zero-order chi connectivity index (χ0) is 18.8. The number of nitrogens with zero attached hydrogens (tertiary/aromatic N) is 2. The Morgan fingerprint density at radius 1 is 0.815 bits per heavy atom. The smallest absolute Gasteiger partial charge is 0.259 e. The summed E-state index contributed by atoms with van der Waals surface area (Å²) < 4.78 is 0. The standard InChI is InChI=1S/C23H21N3O/c1-16(2)26(18-8-4-3-5-9-18)19-14-12-17(13-15-19)22-24-21-11-7-6-10-20(21)23(27)25-22/h3-16H,1-2H3,(H,24,25,27). The Balaban J connectivity index is 1.73. The molecule has 0 atom stereocenters. The lowest BCUT2D eigenvalue weighted by Gasteiger charge is -2.29. The van der Waals surface area contributed by atoms with Crippen LogP contribution >= 0.6 is 0 Å². The average molecular weight is 355 g/mol. The Kier molecular flexibility index (Phi) is 4.47. The van der Waals surface area contributed by atoms with E-state index in [0.717, 1.165) is 16.9 Å². The van der Waals surface area contributed by atoms with E-state index in [4.69, 9.17) is 0 Å². The summed E-state index contributed by atoms with van der Waals surface area (Å²) in [5.41, 5.74) is 3.72. The molecule has 0 unspecified atom stereocenters. The van der Waals surface area contributed by atoms with Crippen LogP contribution in [0.1, 0.15) is 13.8 Å².